The summed E-state index contributed by atoms with van der Waals surface area (Å²) in [5.41, 5.74) is 2.42. The maximum absolute atomic E-state index is 12.4. The number of amides is 1. The van der Waals surface area contributed by atoms with Crippen LogP contribution in [0.1, 0.15) is 23.9 Å². The Hall–Kier alpha value is -1.90. The second kappa shape index (κ2) is 7.55. The van der Waals surface area contributed by atoms with Crippen LogP contribution in [0.4, 0.5) is 5.69 Å². The van der Waals surface area contributed by atoms with Crippen LogP contribution in [0.2, 0.25) is 5.02 Å². The summed E-state index contributed by atoms with van der Waals surface area (Å²) in [4.78, 5) is 13.6. The van der Waals surface area contributed by atoms with Gasteiger partial charge in [-0.15, -0.1) is 0 Å². The quantitative estimate of drug-likeness (QED) is 0.798. The number of nitrogens with one attached hydrogen (secondary N) is 2. The molecule has 0 radical (unpaired) electrons. The molecule has 0 saturated heterocycles. The van der Waals surface area contributed by atoms with E-state index in [1.54, 1.807) is 32.0 Å². The van der Waals surface area contributed by atoms with E-state index in [0.717, 1.165) is 5.56 Å². The molecule has 0 aliphatic rings. The number of carbonyl (C=O) groups excluding carboxylic acids is 1. The summed E-state index contributed by atoms with van der Waals surface area (Å²) in [6.07, 6.45) is 0. The lowest BCUT2D eigenvalue weighted by Gasteiger charge is -2.23. The lowest BCUT2D eigenvalue weighted by molar-refractivity contribution is -0.116. The molecule has 1 aromatic heterocycles. The van der Waals surface area contributed by atoms with Crippen molar-refractivity contribution in [1.82, 2.24) is 14.9 Å². The van der Waals surface area contributed by atoms with Gasteiger partial charge in [0.2, 0.25) is 15.9 Å². The zero-order valence-electron chi connectivity index (χ0n) is 14.6. The second-order valence-electron chi connectivity index (χ2n) is 5.76. The lowest BCUT2D eigenvalue weighted by atomic mass is 10.2. The van der Waals surface area contributed by atoms with Crippen molar-refractivity contribution in [3.8, 4) is 0 Å². The van der Waals surface area contributed by atoms with Gasteiger partial charge in [0.05, 0.1) is 11.4 Å². The molecule has 0 spiro atoms. The number of anilines is 1. The Morgan fingerprint density at radius 1 is 1.32 bits per heavy atom. The van der Waals surface area contributed by atoms with Gasteiger partial charge in [0.1, 0.15) is 4.90 Å². The van der Waals surface area contributed by atoms with Crippen LogP contribution in [0.5, 0.6) is 0 Å². The zero-order valence-corrected chi connectivity index (χ0v) is 16.1. The van der Waals surface area contributed by atoms with Crippen molar-refractivity contribution >= 4 is 33.2 Å². The van der Waals surface area contributed by atoms with Crippen LogP contribution in [0.25, 0.3) is 0 Å². The van der Waals surface area contributed by atoms with E-state index in [4.69, 9.17) is 11.6 Å². The third kappa shape index (κ3) is 4.39. The Morgan fingerprint density at radius 2 is 2.00 bits per heavy atom. The fourth-order valence-corrected chi connectivity index (χ4v) is 4.28. The summed E-state index contributed by atoms with van der Waals surface area (Å²) in [6, 6.07) is 5.20. The van der Waals surface area contributed by atoms with Gasteiger partial charge in [-0.25, -0.2) is 13.1 Å². The Kier molecular flexibility index (Phi) is 5.87. The van der Waals surface area contributed by atoms with Crippen molar-refractivity contribution < 1.29 is 13.2 Å². The molecule has 1 heterocycles. The number of hydrogen-bond donors (Lipinski definition) is 2. The number of halogens is 1. The molecule has 0 aliphatic carbocycles. The molecule has 1 aromatic carbocycles. The van der Waals surface area contributed by atoms with E-state index in [-0.39, 0.29) is 23.9 Å². The van der Waals surface area contributed by atoms with Crippen molar-refractivity contribution in [1.29, 1.82) is 0 Å². The van der Waals surface area contributed by atoms with Crippen LogP contribution in [-0.4, -0.2) is 37.6 Å². The molecule has 0 unspecified atom stereocenters. The van der Waals surface area contributed by atoms with Crippen LogP contribution in [-0.2, 0) is 14.8 Å². The van der Waals surface area contributed by atoms with Crippen LogP contribution in [0, 0.1) is 20.8 Å². The first-order valence-corrected chi connectivity index (χ1v) is 9.55. The first-order chi connectivity index (χ1) is 11.6. The number of aryl methyl sites for hydroxylation is 3. The summed E-state index contributed by atoms with van der Waals surface area (Å²) in [5, 5.41) is 7.13. The third-order valence-electron chi connectivity index (χ3n) is 3.79. The minimum absolute atomic E-state index is 0.0774. The van der Waals surface area contributed by atoms with Crippen molar-refractivity contribution in [2.45, 2.75) is 32.6 Å². The highest BCUT2D eigenvalue weighted by molar-refractivity contribution is 7.89. The zero-order chi connectivity index (χ0) is 18.8. The van der Waals surface area contributed by atoms with Crippen molar-refractivity contribution in [3.63, 3.8) is 0 Å². The molecule has 0 atom stereocenters. The molecular formula is C16H21ClN4O3S. The summed E-state index contributed by atoms with van der Waals surface area (Å²) >= 11 is 5.95. The van der Waals surface area contributed by atoms with Crippen LogP contribution in [0.15, 0.2) is 23.1 Å². The number of nitrogens with zero attached hydrogens (tertiary/aromatic N) is 2. The summed E-state index contributed by atoms with van der Waals surface area (Å²) < 4.78 is 27.4. The summed E-state index contributed by atoms with van der Waals surface area (Å²) in [6.45, 7) is 6.83. The normalized spacial score (nSPS) is 11.6. The van der Waals surface area contributed by atoms with Crippen LogP contribution in [0.3, 0.4) is 0 Å². The minimum Gasteiger partial charge on any atom is -0.311 e. The molecule has 0 saturated carbocycles. The molecule has 7 nitrogen and oxygen atoms in total. The average molecular weight is 385 g/mol. The number of sulfonamides is 1. The van der Waals surface area contributed by atoms with Crippen molar-refractivity contribution in [2.75, 3.05) is 18.0 Å². The van der Waals surface area contributed by atoms with Gasteiger partial charge >= 0.3 is 0 Å². The van der Waals surface area contributed by atoms with E-state index in [1.807, 2.05) is 6.92 Å². The van der Waals surface area contributed by atoms with Gasteiger partial charge in [0.25, 0.3) is 0 Å². The SMILES string of the molecule is CC(=O)N(CCNS(=O)(=O)c1c(C)n[nH]c1C)c1ccc(Cl)cc1C. The molecule has 0 fully saturated rings. The molecule has 2 aromatic rings. The number of aromatic amines is 1. The standard InChI is InChI=1S/C16H21ClN4O3S/c1-10-9-14(17)5-6-15(10)21(13(4)22)8-7-18-25(23,24)16-11(2)19-20-12(16)3/h5-6,9,18H,7-8H2,1-4H3,(H,19,20). The van der Waals surface area contributed by atoms with E-state index in [0.29, 0.717) is 22.1 Å². The van der Waals surface area contributed by atoms with Gasteiger partial charge in [0, 0.05) is 30.7 Å². The lowest BCUT2D eigenvalue weighted by Crippen LogP contribution is -2.38. The molecule has 2 N–H and O–H groups in total. The molecular weight excluding hydrogens is 364 g/mol. The van der Waals surface area contributed by atoms with Gasteiger partial charge in [-0.3, -0.25) is 9.89 Å². The van der Waals surface area contributed by atoms with Crippen molar-refractivity contribution in [3.05, 3.63) is 40.2 Å². The number of rotatable bonds is 6. The van der Waals surface area contributed by atoms with Gasteiger partial charge in [-0.1, -0.05) is 11.6 Å². The van der Waals surface area contributed by atoms with Gasteiger partial charge < -0.3 is 4.90 Å². The highest BCUT2D eigenvalue weighted by Gasteiger charge is 2.22. The smallest absolute Gasteiger partial charge is 0.244 e. The second-order valence-corrected chi connectivity index (χ2v) is 7.90. The highest BCUT2D eigenvalue weighted by Crippen LogP contribution is 2.23. The van der Waals surface area contributed by atoms with Crippen molar-refractivity contribution in [2.24, 2.45) is 0 Å². The Labute approximate surface area is 152 Å². The fraction of sp³-hybridized carbons (Fsp3) is 0.375. The number of benzene rings is 1. The predicted molar refractivity (Wildman–Crippen MR) is 97.5 cm³/mol. The number of H-pyrrole nitrogens is 1. The largest absolute Gasteiger partial charge is 0.311 e. The molecule has 9 heteroatoms. The molecule has 136 valence electrons. The minimum atomic E-state index is -3.70. The Bertz CT molecular complexity index is 873. The molecule has 2 rings (SSSR count). The number of carbonyl (C=O) groups is 1. The predicted octanol–water partition coefficient (Wildman–Crippen LogP) is 2.32. The van der Waals surface area contributed by atoms with E-state index >= 15 is 0 Å². The Balaban J connectivity index is 2.14. The summed E-state index contributed by atoms with van der Waals surface area (Å²) in [5.74, 6) is -0.180. The van der Waals surface area contributed by atoms with E-state index in [1.165, 1.54) is 11.8 Å². The fourth-order valence-electron chi connectivity index (χ4n) is 2.67. The van der Waals surface area contributed by atoms with E-state index in [2.05, 4.69) is 14.9 Å². The molecule has 25 heavy (non-hydrogen) atoms. The van der Waals surface area contributed by atoms with Gasteiger partial charge in [0.15, 0.2) is 0 Å². The van der Waals surface area contributed by atoms with Gasteiger partial charge in [-0.2, -0.15) is 5.10 Å². The highest BCUT2D eigenvalue weighted by atomic mass is 35.5. The van der Waals surface area contributed by atoms with Gasteiger partial charge in [-0.05, 0) is 44.5 Å². The van der Waals surface area contributed by atoms with E-state index < -0.39 is 10.0 Å². The number of hydrogen-bond acceptors (Lipinski definition) is 4. The molecule has 0 aliphatic heterocycles. The average Bonchev–Trinajstić information content (AvgIpc) is 2.84. The third-order valence-corrected chi connectivity index (χ3v) is 5.74. The van der Waals surface area contributed by atoms with Crippen LogP contribution >= 0.6 is 11.6 Å². The first kappa shape index (κ1) is 19.4. The van der Waals surface area contributed by atoms with Crippen LogP contribution < -0.4 is 9.62 Å². The monoisotopic (exact) mass is 384 g/mol. The first-order valence-electron chi connectivity index (χ1n) is 7.69. The maximum atomic E-state index is 12.4. The topological polar surface area (TPSA) is 95.2 Å². The maximum Gasteiger partial charge on any atom is 0.244 e. The number of aromatic nitrogens is 2. The molecule has 1 amide bonds. The van der Waals surface area contributed by atoms with E-state index in [9.17, 15) is 13.2 Å². The summed E-state index contributed by atoms with van der Waals surface area (Å²) in [7, 11) is -3.70. The Morgan fingerprint density at radius 3 is 2.52 bits per heavy atom. The molecule has 0 bridgehead atoms.